The number of hydrogen-bond acceptors (Lipinski definition) is 3. The SMILES string of the molecule is CCOC(=O)C(C#N)[C@H]1C=CC=C[C@H]1c1ccccc1. The van der Waals surface area contributed by atoms with E-state index in [0.717, 1.165) is 5.56 Å². The van der Waals surface area contributed by atoms with E-state index in [2.05, 4.69) is 6.07 Å². The lowest BCUT2D eigenvalue weighted by Crippen LogP contribution is -2.28. The molecule has 20 heavy (non-hydrogen) atoms. The predicted molar refractivity (Wildman–Crippen MR) is 76.7 cm³/mol. The van der Waals surface area contributed by atoms with E-state index < -0.39 is 11.9 Å². The maximum absolute atomic E-state index is 11.9. The van der Waals surface area contributed by atoms with Gasteiger partial charge in [-0.25, -0.2) is 0 Å². The van der Waals surface area contributed by atoms with E-state index in [1.807, 2.05) is 54.6 Å². The zero-order chi connectivity index (χ0) is 14.4. The molecular formula is C17H17NO2. The Hall–Kier alpha value is -2.34. The third-order valence-corrected chi connectivity index (χ3v) is 3.43. The normalized spacial score (nSPS) is 22.0. The fourth-order valence-electron chi connectivity index (χ4n) is 2.48. The first-order chi connectivity index (χ1) is 9.77. The standard InChI is InChI=1S/C17H17NO2/c1-2-20-17(19)16(12-18)15-11-7-6-10-14(15)13-8-4-3-5-9-13/h3-11,14-16H,2H2,1H3/t14-,15-,16?/m0/s1. The van der Waals surface area contributed by atoms with Crippen LogP contribution in [0.4, 0.5) is 0 Å². The number of allylic oxidation sites excluding steroid dienone is 4. The molecule has 1 aliphatic carbocycles. The first kappa shape index (κ1) is 14.1. The molecule has 102 valence electrons. The third kappa shape index (κ3) is 2.97. The molecule has 0 fully saturated rings. The summed E-state index contributed by atoms with van der Waals surface area (Å²) in [5, 5.41) is 9.33. The minimum absolute atomic E-state index is 0.0234. The highest BCUT2D eigenvalue weighted by atomic mass is 16.5. The molecule has 0 heterocycles. The summed E-state index contributed by atoms with van der Waals surface area (Å²) in [4.78, 5) is 11.9. The van der Waals surface area contributed by atoms with Crippen LogP contribution < -0.4 is 0 Å². The van der Waals surface area contributed by atoms with Gasteiger partial charge < -0.3 is 4.74 Å². The molecule has 0 saturated carbocycles. The van der Waals surface area contributed by atoms with Crippen LogP contribution in [0.25, 0.3) is 0 Å². The van der Waals surface area contributed by atoms with Crippen LogP contribution in [0.5, 0.6) is 0 Å². The first-order valence-electron chi connectivity index (χ1n) is 6.74. The molecule has 0 aromatic heterocycles. The average molecular weight is 267 g/mol. The van der Waals surface area contributed by atoms with Crippen molar-refractivity contribution < 1.29 is 9.53 Å². The molecule has 0 aliphatic heterocycles. The Morgan fingerprint density at radius 2 is 2.00 bits per heavy atom. The molecule has 3 atom stereocenters. The summed E-state index contributed by atoms with van der Waals surface area (Å²) in [6.45, 7) is 2.04. The number of carbonyl (C=O) groups is 1. The van der Waals surface area contributed by atoms with E-state index in [1.165, 1.54) is 0 Å². The molecule has 1 aliphatic rings. The Balaban J connectivity index is 2.28. The maximum atomic E-state index is 11.9. The summed E-state index contributed by atoms with van der Waals surface area (Å²) < 4.78 is 5.01. The molecule has 3 heteroatoms. The van der Waals surface area contributed by atoms with Crippen molar-refractivity contribution in [2.45, 2.75) is 12.8 Å². The molecule has 2 rings (SSSR count). The minimum Gasteiger partial charge on any atom is -0.465 e. The lowest BCUT2D eigenvalue weighted by atomic mass is 9.76. The van der Waals surface area contributed by atoms with E-state index in [0.29, 0.717) is 6.61 Å². The van der Waals surface area contributed by atoms with Crippen LogP contribution in [-0.4, -0.2) is 12.6 Å². The average Bonchev–Trinajstić information content (AvgIpc) is 2.50. The van der Waals surface area contributed by atoms with Crippen LogP contribution in [0.3, 0.4) is 0 Å². The van der Waals surface area contributed by atoms with Crippen LogP contribution >= 0.6 is 0 Å². The second kappa shape index (κ2) is 6.72. The lowest BCUT2D eigenvalue weighted by molar-refractivity contribution is -0.147. The summed E-state index contributed by atoms with van der Waals surface area (Å²) in [7, 11) is 0. The number of hydrogen-bond donors (Lipinski definition) is 0. The monoisotopic (exact) mass is 267 g/mol. The van der Waals surface area contributed by atoms with Gasteiger partial charge in [0.2, 0.25) is 0 Å². The smallest absolute Gasteiger partial charge is 0.323 e. The highest BCUT2D eigenvalue weighted by Crippen LogP contribution is 2.35. The molecule has 1 aromatic rings. The van der Waals surface area contributed by atoms with Crippen molar-refractivity contribution in [1.82, 2.24) is 0 Å². The van der Waals surface area contributed by atoms with Gasteiger partial charge in [0.25, 0.3) is 0 Å². The van der Waals surface area contributed by atoms with Gasteiger partial charge in [0.1, 0.15) is 0 Å². The van der Waals surface area contributed by atoms with Gasteiger partial charge in [0.15, 0.2) is 5.92 Å². The van der Waals surface area contributed by atoms with Gasteiger partial charge in [0, 0.05) is 11.8 Å². The largest absolute Gasteiger partial charge is 0.465 e. The second-order valence-electron chi connectivity index (χ2n) is 4.64. The number of carbonyl (C=O) groups excluding carboxylic acids is 1. The quantitative estimate of drug-likeness (QED) is 0.787. The van der Waals surface area contributed by atoms with Crippen LogP contribution in [0.2, 0.25) is 0 Å². The molecule has 0 saturated heterocycles. The van der Waals surface area contributed by atoms with E-state index in [9.17, 15) is 10.1 Å². The summed E-state index contributed by atoms with van der Waals surface area (Å²) in [5.74, 6) is -1.39. The van der Waals surface area contributed by atoms with E-state index in [-0.39, 0.29) is 11.8 Å². The number of nitrogens with zero attached hydrogens (tertiary/aromatic N) is 1. The van der Waals surface area contributed by atoms with Gasteiger partial charge in [-0.3, -0.25) is 4.79 Å². The Morgan fingerprint density at radius 3 is 2.65 bits per heavy atom. The second-order valence-corrected chi connectivity index (χ2v) is 4.64. The van der Waals surface area contributed by atoms with Crippen molar-refractivity contribution in [2.24, 2.45) is 11.8 Å². The zero-order valence-corrected chi connectivity index (χ0v) is 11.4. The van der Waals surface area contributed by atoms with E-state index in [1.54, 1.807) is 6.92 Å². The van der Waals surface area contributed by atoms with Crippen molar-refractivity contribution in [3.05, 3.63) is 60.2 Å². The van der Waals surface area contributed by atoms with Gasteiger partial charge >= 0.3 is 5.97 Å². The molecule has 0 amide bonds. The topological polar surface area (TPSA) is 50.1 Å². The number of ether oxygens (including phenoxy) is 1. The Labute approximate surface area is 119 Å². The van der Waals surface area contributed by atoms with E-state index >= 15 is 0 Å². The van der Waals surface area contributed by atoms with Gasteiger partial charge in [0.05, 0.1) is 12.7 Å². The fraction of sp³-hybridized carbons (Fsp3) is 0.294. The molecule has 0 N–H and O–H groups in total. The third-order valence-electron chi connectivity index (χ3n) is 3.43. The van der Waals surface area contributed by atoms with Crippen molar-refractivity contribution >= 4 is 5.97 Å². The molecule has 0 spiro atoms. The number of benzene rings is 1. The van der Waals surface area contributed by atoms with Crippen LogP contribution in [-0.2, 0) is 9.53 Å². The number of nitriles is 1. The summed E-state index contributed by atoms with van der Waals surface area (Å²) in [6, 6.07) is 12.0. The minimum atomic E-state index is -0.777. The van der Waals surface area contributed by atoms with Crippen molar-refractivity contribution in [1.29, 1.82) is 5.26 Å². The molecule has 1 aromatic carbocycles. The van der Waals surface area contributed by atoms with Gasteiger partial charge in [-0.1, -0.05) is 54.6 Å². The van der Waals surface area contributed by atoms with Crippen LogP contribution in [0.1, 0.15) is 18.4 Å². The van der Waals surface area contributed by atoms with E-state index in [4.69, 9.17) is 4.74 Å². The zero-order valence-electron chi connectivity index (χ0n) is 11.4. The molecule has 1 unspecified atom stereocenters. The maximum Gasteiger partial charge on any atom is 0.323 e. The Kier molecular flexibility index (Phi) is 4.73. The van der Waals surface area contributed by atoms with Gasteiger partial charge in [-0.05, 0) is 12.5 Å². The molecule has 3 nitrogen and oxygen atoms in total. The van der Waals surface area contributed by atoms with Crippen LogP contribution in [0, 0.1) is 23.2 Å². The molecule has 0 bridgehead atoms. The van der Waals surface area contributed by atoms with Crippen LogP contribution in [0.15, 0.2) is 54.6 Å². The van der Waals surface area contributed by atoms with Crippen molar-refractivity contribution in [3.8, 4) is 6.07 Å². The highest BCUT2D eigenvalue weighted by molar-refractivity contribution is 5.76. The van der Waals surface area contributed by atoms with Gasteiger partial charge in [-0.15, -0.1) is 0 Å². The molecule has 0 radical (unpaired) electrons. The Bertz CT molecular complexity index is 554. The number of esters is 1. The summed E-state index contributed by atoms with van der Waals surface area (Å²) in [6.07, 6.45) is 7.79. The number of rotatable bonds is 4. The summed E-state index contributed by atoms with van der Waals surface area (Å²) in [5.41, 5.74) is 1.10. The Morgan fingerprint density at radius 1 is 1.30 bits per heavy atom. The highest BCUT2D eigenvalue weighted by Gasteiger charge is 2.34. The fourth-order valence-corrected chi connectivity index (χ4v) is 2.48. The predicted octanol–water partition coefficient (Wildman–Crippen LogP) is 3.22. The summed E-state index contributed by atoms with van der Waals surface area (Å²) >= 11 is 0. The molecular weight excluding hydrogens is 250 g/mol. The lowest BCUT2D eigenvalue weighted by Gasteiger charge is -2.27. The van der Waals surface area contributed by atoms with Gasteiger partial charge in [-0.2, -0.15) is 5.26 Å². The first-order valence-corrected chi connectivity index (χ1v) is 6.74. The van der Waals surface area contributed by atoms with Crippen molar-refractivity contribution in [2.75, 3.05) is 6.61 Å². The van der Waals surface area contributed by atoms with Crippen molar-refractivity contribution in [3.63, 3.8) is 0 Å².